The maximum atomic E-state index is 14.5. The number of fused-ring (bicyclic) bond motifs is 1. The third-order valence-electron chi connectivity index (χ3n) is 5.89. The molecule has 1 atom stereocenters. The first-order valence-electron chi connectivity index (χ1n) is 10.5. The largest absolute Gasteiger partial charge is 0.349 e. The van der Waals surface area contributed by atoms with Crippen LogP contribution < -0.4 is 4.90 Å². The monoisotopic (exact) mass is 444 g/mol. The van der Waals surface area contributed by atoms with E-state index >= 15 is 0 Å². The average molecular weight is 444 g/mol. The lowest BCUT2D eigenvalue weighted by molar-refractivity contribution is 0.560. The van der Waals surface area contributed by atoms with Gasteiger partial charge >= 0.3 is 0 Å². The lowest BCUT2D eigenvalue weighted by atomic mass is 10.0. The number of hydrogen-bond acceptors (Lipinski definition) is 6. The average Bonchev–Trinajstić information content (AvgIpc) is 3.60. The highest BCUT2D eigenvalue weighted by atomic mass is 19.1. The van der Waals surface area contributed by atoms with Crippen LogP contribution in [0, 0.1) is 11.6 Å². The van der Waals surface area contributed by atoms with Crippen LogP contribution in [-0.2, 0) is 0 Å². The highest BCUT2D eigenvalue weighted by molar-refractivity contribution is 5.63. The predicted molar refractivity (Wildman–Crippen MR) is 117 cm³/mol. The number of nitrogens with zero attached hydrogens (tertiary/aromatic N) is 8. The van der Waals surface area contributed by atoms with Crippen LogP contribution in [0.5, 0.6) is 0 Å². The molecule has 0 N–H and O–H groups in total. The summed E-state index contributed by atoms with van der Waals surface area (Å²) in [4.78, 5) is 15.2. The summed E-state index contributed by atoms with van der Waals surface area (Å²) in [5, 5.41) is 8.83. The van der Waals surface area contributed by atoms with Crippen LogP contribution in [-0.4, -0.2) is 40.9 Å². The van der Waals surface area contributed by atoms with Gasteiger partial charge in [0.05, 0.1) is 30.3 Å². The van der Waals surface area contributed by atoms with E-state index in [1.807, 2.05) is 23.4 Å². The fourth-order valence-electron chi connectivity index (χ4n) is 4.34. The molecule has 6 rings (SSSR count). The van der Waals surface area contributed by atoms with Crippen LogP contribution in [0.4, 0.5) is 14.6 Å². The van der Waals surface area contributed by atoms with Gasteiger partial charge in [0, 0.05) is 42.5 Å². The molecule has 0 saturated carbocycles. The van der Waals surface area contributed by atoms with E-state index in [0.29, 0.717) is 35.0 Å². The Balaban J connectivity index is 1.38. The molecule has 1 fully saturated rings. The zero-order valence-corrected chi connectivity index (χ0v) is 17.4. The van der Waals surface area contributed by atoms with Gasteiger partial charge in [-0.2, -0.15) is 10.2 Å². The summed E-state index contributed by atoms with van der Waals surface area (Å²) < 4.78 is 31.7. The predicted octanol–water partition coefficient (Wildman–Crippen LogP) is 3.99. The summed E-state index contributed by atoms with van der Waals surface area (Å²) in [5.41, 5.74) is 3.18. The Labute approximate surface area is 187 Å². The smallest absolute Gasteiger partial charge is 0.183 e. The Hall–Kier alpha value is -4.21. The van der Waals surface area contributed by atoms with Crippen molar-refractivity contribution in [3.05, 3.63) is 84.8 Å². The minimum absolute atomic E-state index is 0.282. The van der Waals surface area contributed by atoms with Crippen LogP contribution in [0.15, 0.2) is 67.6 Å². The Morgan fingerprint density at radius 3 is 2.82 bits per heavy atom. The van der Waals surface area contributed by atoms with Gasteiger partial charge in [0.15, 0.2) is 5.65 Å². The van der Waals surface area contributed by atoms with E-state index in [9.17, 15) is 8.78 Å². The van der Waals surface area contributed by atoms with E-state index in [2.05, 4.69) is 20.2 Å². The zero-order valence-electron chi connectivity index (χ0n) is 17.4. The summed E-state index contributed by atoms with van der Waals surface area (Å²) in [6.07, 6.45) is 13.6. The summed E-state index contributed by atoms with van der Waals surface area (Å²) in [6.45, 7) is 0.700. The lowest BCUT2D eigenvalue weighted by Crippen LogP contribution is -2.24. The minimum Gasteiger partial charge on any atom is -0.349 e. The molecule has 0 unspecified atom stereocenters. The van der Waals surface area contributed by atoms with E-state index < -0.39 is 11.6 Å². The van der Waals surface area contributed by atoms with E-state index in [0.717, 1.165) is 24.5 Å². The molecule has 0 spiro atoms. The maximum absolute atomic E-state index is 14.5. The highest BCUT2D eigenvalue weighted by Gasteiger charge is 2.30. The summed E-state index contributed by atoms with van der Waals surface area (Å²) in [5.74, 6) is -0.179. The molecule has 1 aliphatic heterocycles. The number of rotatable bonds is 4. The van der Waals surface area contributed by atoms with Gasteiger partial charge in [-0.3, -0.25) is 9.97 Å². The van der Waals surface area contributed by atoms with Crippen molar-refractivity contribution in [1.82, 2.24) is 34.3 Å². The molecular weight excluding hydrogens is 426 g/mol. The first kappa shape index (κ1) is 19.5. The van der Waals surface area contributed by atoms with Gasteiger partial charge in [-0.15, -0.1) is 0 Å². The first-order chi connectivity index (χ1) is 16.2. The number of aromatic nitrogens is 7. The van der Waals surface area contributed by atoms with Crippen molar-refractivity contribution in [2.45, 2.75) is 18.9 Å². The topological polar surface area (TPSA) is 77.0 Å². The van der Waals surface area contributed by atoms with Crippen molar-refractivity contribution in [3.63, 3.8) is 0 Å². The van der Waals surface area contributed by atoms with Crippen molar-refractivity contribution in [2.75, 3.05) is 11.4 Å². The van der Waals surface area contributed by atoms with E-state index in [1.165, 1.54) is 12.1 Å². The Morgan fingerprint density at radius 2 is 1.94 bits per heavy atom. The fraction of sp³-hybridized carbons (Fsp3) is 0.174. The van der Waals surface area contributed by atoms with E-state index in [-0.39, 0.29) is 6.04 Å². The molecular formula is C23H18F2N8. The second kappa shape index (κ2) is 7.73. The molecule has 1 aliphatic rings. The Bertz CT molecular complexity index is 1450. The molecule has 5 heterocycles. The zero-order chi connectivity index (χ0) is 22.4. The van der Waals surface area contributed by atoms with Gasteiger partial charge in [-0.1, -0.05) is 0 Å². The molecule has 164 valence electrons. The Kier molecular flexibility index (Phi) is 4.56. The highest BCUT2D eigenvalue weighted by Crippen LogP contribution is 2.37. The molecule has 0 radical (unpaired) electrons. The van der Waals surface area contributed by atoms with Crippen molar-refractivity contribution >= 4 is 11.5 Å². The fourth-order valence-corrected chi connectivity index (χ4v) is 4.34. The van der Waals surface area contributed by atoms with Gasteiger partial charge < -0.3 is 4.90 Å². The number of anilines is 1. The van der Waals surface area contributed by atoms with Crippen molar-refractivity contribution in [3.8, 4) is 16.9 Å². The van der Waals surface area contributed by atoms with Gasteiger partial charge in [-0.25, -0.2) is 23.0 Å². The van der Waals surface area contributed by atoms with Crippen molar-refractivity contribution in [1.29, 1.82) is 0 Å². The number of hydrogen-bond donors (Lipinski definition) is 0. The third kappa shape index (κ3) is 3.39. The first-order valence-corrected chi connectivity index (χ1v) is 10.5. The van der Waals surface area contributed by atoms with Crippen molar-refractivity contribution < 1.29 is 8.78 Å². The molecule has 1 aromatic carbocycles. The van der Waals surface area contributed by atoms with Crippen LogP contribution in [0.25, 0.3) is 22.6 Å². The molecule has 10 heteroatoms. The lowest BCUT2D eigenvalue weighted by Gasteiger charge is -2.26. The summed E-state index contributed by atoms with van der Waals surface area (Å²) in [7, 11) is 0. The molecule has 4 aromatic heterocycles. The van der Waals surface area contributed by atoms with Gasteiger partial charge in [0.25, 0.3) is 0 Å². The van der Waals surface area contributed by atoms with Crippen LogP contribution in [0.3, 0.4) is 0 Å². The normalized spacial score (nSPS) is 16.1. The second-order valence-corrected chi connectivity index (χ2v) is 7.87. The minimum atomic E-state index is -0.447. The van der Waals surface area contributed by atoms with E-state index in [4.69, 9.17) is 4.98 Å². The summed E-state index contributed by atoms with van der Waals surface area (Å²) >= 11 is 0. The maximum Gasteiger partial charge on any atom is 0.183 e. The third-order valence-corrected chi connectivity index (χ3v) is 5.89. The molecule has 0 amide bonds. The SMILES string of the molecule is Fc1ccc(F)c([C@H]2CCCN2c2ccn3ncc(-n4cc(-c5cnccn5)cn4)c3n2)c1. The molecule has 8 nitrogen and oxygen atoms in total. The van der Waals surface area contributed by atoms with E-state index in [1.54, 1.807) is 40.2 Å². The van der Waals surface area contributed by atoms with Gasteiger partial charge in [-0.05, 0) is 37.1 Å². The van der Waals surface area contributed by atoms with Crippen molar-refractivity contribution in [2.24, 2.45) is 0 Å². The summed E-state index contributed by atoms with van der Waals surface area (Å²) in [6, 6.07) is 5.15. The van der Waals surface area contributed by atoms with Crippen LogP contribution in [0.1, 0.15) is 24.4 Å². The number of halogens is 2. The van der Waals surface area contributed by atoms with Gasteiger partial charge in [0.1, 0.15) is 23.1 Å². The quantitative estimate of drug-likeness (QED) is 0.417. The molecule has 1 saturated heterocycles. The Morgan fingerprint density at radius 1 is 1.00 bits per heavy atom. The van der Waals surface area contributed by atoms with Gasteiger partial charge in [0.2, 0.25) is 0 Å². The molecule has 0 aliphatic carbocycles. The number of benzene rings is 1. The second-order valence-electron chi connectivity index (χ2n) is 7.87. The molecule has 33 heavy (non-hydrogen) atoms. The van der Waals surface area contributed by atoms with Crippen LogP contribution in [0.2, 0.25) is 0 Å². The standard InChI is InChI=1S/C23H18F2N8/c24-16-3-4-18(25)17(10-16)20-2-1-8-31(20)22-5-9-32-23(30-22)21(13-29-32)33-14-15(11-28-33)19-12-26-6-7-27-19/h3-7,9-14,20H,1-2,8H2/t20-/m1/s1. The molecule has 0 bridgehead atoms. The molecule has 5 aromatic rings. The van der Waals surface area contributed by atoms with Crippen LogP contribution >= 0.6 is 0 Å².